The maximum atomic E-state index is 10.5. The van der Waals surface area contributed by atoms with E-state index in [1.807, 2.05) is 18.2 Å². The van der Waals surface area contributed by atoms with Crippen molar-refractivity contribution in [3.63, 3.8) is 0 Å². The minimum absolute atomic E-state index is 0.0464. The van der Waals surface area contributed by atoms with Crippen LogP contribution in [0.15, 0.2) is 30.3 Å². The van der Waals surface area contributed by atoms with Gasteiger partial charge in [-0.15, -0.1) is 0 Å². The van der Waals surface area contributed by atoms with Gasteiger partial charge in [0, 0.05) is 19.0 Å². The predicted octanol–water partition coefficient (Wildman–Crippen LogP) is 1.23. The highest BCUT2D eigenvalue weighted by molar-refractivity contribution is 5.22. The lowest BCUT2D eigenvalue weighted by Gasteiger charge is -2.36. The van der Waals surface area contributed by atoms with Gasteiger partial charge in [-0.25, -0.2) is 0 Å². The van der Waals surface area contributed by atoms with Gasteiger partial charge < -0.3 is 19.8 Å². The van der Waals surface area contributed by atoms with Gasteiger partial charge in [0.05, 0.1) is 18.3 Å². The molecule has 1 fully saturated rings. The van der Waals surface area contributed by atoms with E-state index in [1.54, 1.807) is 13.8 Å². The molecular weight excluding hydrogens is 254 g/mol. The molecule has 2 N–H and O–H groups in total. The molecule has 0 amide bonds. The number of aliphatic hydroxyl groups is 2. The SMILES string of the molecule is CN1CCOC(C(O)C(C)(C)O)C(c2ccccc2)C1. The molecule has 4 nitrogen and oxygen atoms in total. The minimum atomic E-state index is -1.18. The average molecular weight is 279 g/mol. The number of nitrogens with zero attached hydrogens (tertiary/aromatic N) is 1. The zero-order valence-corrected chi connectivity index (χ0v) is 12.5. The molecule has 3 unspecified atom stereocenters. The molecule has 3 atom stereocenters. The number of ether oxygens (including phenoxy) is 1. The Balaban J connectivity index is 2.30. The van der Waals surface area contributed by atoms with Crippen molar-refractivity contribution in [2.45, 2.75) is 37.6 Å². The smallest absolute Gasteiger partial charge is 0.109 e. The minimum Gasteiger partial charge on any atom is -0.388 e. The van der Waals surface area contributed by atoms with Crippen molar-refractivity contribution in [1.29, 1.82) is 0 Å². The van der Waals surface area contributed by atoms with E-state index in [-0.39, 0.29) is 5.92 Å². The largest absolute Gasteiger partial charge is 0.388 e. The Morgan fingerprint density at radius 3 is 2.55 bits per heavy atom. The van der Waals surface area contributed by atoms with E-state index < -0.39 is 17.8 Å². The molecule has 0 spiro atoms. The third kappa shape index (κ3) is 3.58. The number of likely N-dealkylation sites (N-methyl/N-ethyl adjacent to an activating group) is 1. The van der Waals surface area contributed by atoms with Gasteiger partial charge in [-0.1, -0.05) is 30.3 Å². The van der Waals surface area contributed by atoms with Crippen LogP contribution >= 0.6 is 0 Å². The van der Waals surface area contributed by atoms with Gasteiger partial charge >= 0.3 is 0 Å². The first-order valence-corrected chi connectivity index (χ1v) is 7.15. The van der Waals surface area contributed by atoms with Crippen LogP contribution in [-0.4, -0.2) is 59.7 Å². The van der Waals surface area contributed by atoms with Crippen molar-refractivity contribution in [2.75, 3.05) is 26.7 Å². The van der Waals surface area contributed by atoms with Crippen LogP contribution in [0.2, 0.25) is 0 Å². The molecule has 1 saturated heterocycles. The van der Waals surface area contributed by atoms with Crippen LogP contribution in [0.5, 0.6) is 0 Å². The highest BCUT2D eigenvalue weighted by Gasteiger charge is 2.40. The molecule has 2 rings (SSSR count). The lowest BCUT2D eigenvalue weighted by atomic mass is 9.84. The van der Waals surface area contributed by atoms with Crippen LogP contribution in [0.1, 0.15) is 25.3 Å². The summed E-state index contributed by atoms with van der Waals surface area (Å²) in [7, 11) is 2.05. The molecule has 4 heteroatoms. The molecule has 112 valence electrons. The summed E-state index contributed by atoms with van der Waals surface area (Å²) >= 11 is 0. The van der Waals surface area contributed by atoms with E-state index >= 15 is 0 Å². The molecule has 0 aliphatic carbocycles. The number of benzene rings is 1. The number of hydrogen-bond acceptors (Lipinski definition) is 4. The lowest BCUT2D eigenvalue weighted by Crippen LogP contribution is -2.49. The molecule has 0 aromatic heterocycles. The highest BCUT2D eigenvalue weighted by Crippen LogP contribution is 2.30. The standard InChI is InChI=1S/C16H25NO3/c1-16(2,19)15(18)14-13(11-17(3)9-10-20-14)12-7-5-4-6-8-12/h4-8,13-15,18-19H,9-11H2,1-3H3. The number of aliphatic hydroxyl groups excluding tert-OH is 1. The summed E-state index contributed by atoms with van der Waals surface area (Å²) in [6.45, 7) is 5.45. The van der Waals surface area contributed by atoms with Gasteiger partial charge in [-0.2, -0.15) is 0 Å². The maximum Gasteiger partial charge on any atom is 0.109 e. The van der Waals surface area contributed by atoms with Crippen LogP contribution in [0.4, 0.5) is 0 Å². The Labute approximate surface area is 121 Å². The number of rotatable bonds is 3. The van der Waals surface area contributed by atoms with Gasteiger partial charge in [-0.3, -0.25) is 0 Å². The molecule has 1 heterocycles. The van der Waals surface area contributed by atoms with Crippen molar-refractivity contribution in [3.05, 3.63) is 35.9 Å². The first-order valence-electron chi connectivity index (χ1n) is 7.15. The van der Waals surface area contributed by atoms with E-state index in [2.05, 4.69) is 24.1 Å². The van der Waals surface area contributed by atoms with Crippen LogP contribution < -0.4 is 0 Å². The summed E-state index contributed by atoms with van der Waals surface area (Å²) in [5.74, 6) is 0.0464. The fraction of sp³-hybridized carbons (Fsp3) is 0.625. The highest BCUT2D eigenvalue weighted by atomic mass is 16.5. The zero-order chi connectivity index (χ0) is 14.8. The summed E-state index contributed by atoms with van der Waals surface area (Å²) in [6, 6.07) is 10.1. The van der Waals surface area contributed by atoms with E-state index in [0.717, 1.165) is 18.7 Å². The zero-order valence-electron chi connectivity index (χ0n) is 12.5. The molecule has 1 aromatic rings. The second kappa shape index (κ2) is 6.22. The molecule has 20 heavy (non-hydrogen) atoms. The quantitative estimate of drug-likeness (QED) is 0.874. The van der Waals surface area contributed by atoms with Crippen molar-refractivity contribution in [3.8, 4) is 0 Å². The van der Waals surface area contributed by atoms with Crippen LogP contribution in [0.25, 0.3) is 0 Å². The topological polar surface area (TPSA) is 52.9 Å². The monoisotopic (exact) mass is 279 g/mol. The molecular formula is C16H25NO3. The maximum absolute atomic E-state index is 10.5. The predicted molar refractivity (Wildman–Crippen MR) is 78.7 cm³/mol. The molecule has 1 aromatic carbocycles. The van der Waals surface area contributed by atoms with E-state index in [4.69, 9.17) is 4.74 Å². The Morgan fingerprint density at radius 2 is 1.95 bits per heavy atom. The van der Waals surface area contributed by atoms with E-state index in [9.17, 15) is 10.2 Å². The Kier molecular flexibility index (Phi) is 4.81. The summed E-state index contributed by atoms with van der Waals surface area (Å²) in [5, 5.41) is 20.6. The second-order valence-electron chi connectivity index (χ2n) is 6.21. The van der Waals surface area contributed by atoms with E-state index in [0.29, 0.717) is 6.61 Å². The van der Waals surface area contributed by atoms with Crippen molar-refractivity contribution < 1.29 is 14.9 Å². The fourth-order valence-electron chi connectivity index (χ4n) is 2.70. The first-order chi connectivity index (χ1) is 9.39. The molecule has 0 radical (unpaired) electrons. The van der Waals surface area contributed by atoms with Gasteiger partial charge in [0.15, 0.2) is 0 Å². The van der Waals surface area contributed by atoms with Crippen molar-refractivity contribution in [1.82, 2.24) is 4.90 Å². The molecule has 1 aliphatic heterocycles. The van der Waals surface area contributed by atoms with Gasteiger partial charge in [0.2, 0.25) is 0 Å². The third-order valence-electron chi connectivity index (χ3n) is 3.95. The Morgan fingerprint density at radius 1 is 1.30 bits per heavy atom. The van der Waals surface area contributed by atoms with Crippen LogP contribution in [0, 0.1) is 0 Å². The summed E-state index contributed by atoms with van der Waals surface area (Å²) in [5.41, 5.74) is -0.0461. The third-order valence-corrected chi connectivity index (χ3v) is 3.95. The fourth-order valence-corrected chi connectivity index (χ4v) is 2.70. The summed E-state index contributed by atoms with van der Waals surface area (Å²) < 4.78 is 5.88. The van der Waals surface area contributed by atoms with Crippen LogP contribution in [-0.2, 0) is 4.74 Å². The molecule has 0 bridgehead atoms. The van der Waals surface area contributed by atoms with Gasteiger partial charge in [0.25, 0.3) is 0 Å². The molecule has 0 saturated carbocycles. The first kappa shape index (κ1) is 15.4. The van der Waals surface area contributed by atoms with Crippen molar-refractivity contribution in [2.24, 2.45) is 0 Å². The van der Waals surface area contributed by atoms with E-state index in [1.165, 1.54) is 0 Å². The normalized spacial score (nSPS) is 27.1. The average Bonchev–Trinajstić information content (AvgIpc) is 2.59. The van der Waals surface area contributed by atoms with Crippen LogP contribution in [0.3, 0.4) is 0 Å². The Bertz CT molecular complexity index is 415. The van der Waals surface area contributed by atoms with Gasteiger partial charge in [0.1, 0.15) is 6.10 Å². The summed E-state index contributed by atoms with van der Waals surface area (Å²) in [6.07, 6.45) is -1.32. The lowest BCUT2D eigenvalue weighted by molar-refractivity contribution is -0.129. The summed E-state index contributed by atoms with van der Waals surface area (Å²) in [4.78, 5) is 2.20. The second-order valence-corrected chi connectivity index (χ2v) is 6.21. The van der Waals surface area contributed by atoms with Crippen molar-refractivity contribution >= 4 is 0 Å². The molecule has 1 aliphatic rings. The Hall–Kier alpha value is -0.940. The van der Waals surface area contributed by atoms with Gasteiger partial charge in [-0.05, 0) is 26.5 Å². The number of hydrogen-bond donors (Lipinski definition) is 2.